The van der Waals surface area contributed by atoms with Crippen LogP contribution in [0.4, 0.5) is 0 Å². The second-order valence-electron chi connectivity index (χ2n) is 5.06. The van der Waals surface area contributed by atoms with E-state index in [1.54, 1.807) is 0 Å². The Morgan fingerprint density at radius 2 is 1.35 bits per heavy atom. The molecule has 0 saturated heterocycles. The molecule has 0 fully saturated rings. The van der Waals surface area contributed by atoms with Crippen LogP contribution in [-0.4, -0.2) is 0 Å². The molecule has 1 nitrogen and oxygen atoms in total. The second-order valence-corrected chi connectivity index (χ2v) is 5.06. The fourth-order valence-electron chi connectivity index (χ4n) is 2.64. The highest BCUT2D eigenvalue weighted by Gasteiger charge is 2.18. The standard InChI is InChI=1S/C19H18N/c1-15-9-6-7-12-17(15)19-18(13-8-14-20(19)2)16-10-4-3-5-11-16/h3-14H,1-2H3/q+1. The molecule has 20 heavy (non-hydrogen) atoms. The van der Waals surface area contributed by atoms with E-state index in [0.29, 0.717) is 0 Å². The maximum absolute atomic E-state index is 2.20. The smallest absolute Gasteiger partial charge is 0.200 e. The Balaban J connectivity index is 2.29. The van der Waals surface area contributed by atoms with Crippen molar-refractivity contribution in [3.63, 3.8) is 0 Å². The minimum absolute atomic E-state index is 1.25. The van der Waals surface area contributed by atoms with Gasteiger partial charge in [-0.2, -0.15) is 0 Å². The summed E-state index contributed by atoms with van der Waals surface area (Å²) in [6, 6.07) is 23.4. The maximum Gasteiger partial charge on any atom is 0.220 e. The van der Waals surface area contributed by atoms with Crippen LogP contribution in [-0.2, 0) is 7.05 Å². The molecule has 0 unspecified atom stereocenters. The molecule has 0 aliphatic carbocycles. The third-order valence-electron chi connectivity index (χ3n) is 3.67. The first-order valence-corrected chi connectivity index (χ1v) is 6.87. The van der Waals surface area contributed by atoms with Crippen molar-refractivity contribution in [3.05, 3.63) is 78.5 Å². The molecule has 0 radical (unpaired) electrons. The topological polar surface area (TPSA) is 3.88 Å². The number of aryl methyl sites for hydroxylation is 2. The Morgan fingerprint density at radius 3 is 2.10 bits per heavy atom. The molecule has 0 aliphatic rings. The number of rotatable bonds is 2. The van der Waals surface area contributed by atoms with Crippen LogP contribution < -0.4 is 4.57 Å². The van der Waals surface area contributed by atoms with Gasteiger partial charge >= 0.3 is 0 Å². The highest BCUT2D eigenvalue weighted by molar-refractivity contribution is 5.79. The van der Waals surface area contributed by atoms with E-state index < -0.39 is 0 Å². The lowest BCUT2D eigenvalue weighted by Crippen LogP contribution is -2.31. The molecule has 0 atom stereocenters. The fourth-order valence-corrected chi connectivity index (χ4v) is 2.64. The quantitative estimate of drug-likeness (QED) is 0.609. The van der Waals surface area contributed by atoms with Crippen molar-refractivity contribution in [3.8, 4) is 22.4 Å². The minimum Gasteiger partial charge on any atom is -0.200 e. The number of nitrogens with zero attached hydrogens (tertiary/aromatic N) is 1. The molecular weight excluding hydrogens is 242 g/mol. The van der Waals surface area contributed by atoms with Gasteiger partial charge in [-0.25, -0.2) is 4.57 Å². The van der Waals surface area contributed by atoms with Crippen LogP contribution >= 0.6 is 0 Å². The van der Waals surface area contributed by atoms with Crippen molar-refractivity contribution >= 4 is 0 Å². The van der Waals surface area contributed by atoms with Gasteiger partial charge in [0.2, 0.25) is 5.69 Å². The molecule has 0 N–H and O–H groups in total. The molecule has 0 saturated carbocycles. The van der Waals surface area contributed by atoms with E-state index in [-0.39, 0.29) is 0 Å². The largest absolute Gasteiger partial charge is 0.220 e. The normalized spacial score (nSPS) is 10.5. The third-order valence-corrected chi connectivity index (χ3v) is 3.67. The molecule has 0 spiro atoms. The summed E-state index contributed by atoms with van der Waals surface area (Å²) >= 11 is 0. The molecule has 3 aromatic rings. The van der Waals surface area contributed by atoms with E-state index in [1.807, 2.05) is 0 Å². The van der Waals surface area contributed by atoms with Crippen LogP contribution in [0.25, 0.3) is 22.4 Å². The lowest BCUT2D eigenvalue weighted by atomic mass is 9.96. The first-order chi connectivity index (χ1) is 9.77. The van der Waals surface area contributed by atoms with Gasteiger partial charge in [-0.05, 0) is 30.2 Å². The van der Waals surface area contributed by atoms with Crippen molar-refractivity contribution in [1.29, 1.82) is 0 Å². The van der Waals surface area contributed by atoms with E-state index in [9.17, 15) is 0 Å². The van der Waals surface area contributed by atoms with Gasteiger partial charge in [-0.3, -0.25) is 0 Å². The van der Waals surface area contributed by atoms with Gasteiger partial charge in [-0.15, -0.1) is 0 Å². The summed E-state index contributed by atoms with van der Waals surface area (Å²) in [7, 11) is 2.11. The van der Waals surface area contributed by atoms with E-state index >= 15 is 0 Å². The van der Waals surface area contributed by atoms with Gasteiger partial charge < -0.3 is 0 Å². The van der Waals surface area contributed by atoms with E-state index in [4.69, 9.17) is 0 Å². The minimum atomic E-state index is 1.25. The highest BCUT2D eigenvalue weighted by atomic mass is 14.9. The van der Waals surface area contributed by atoms with Crippen LogP contribution in [0.1, 0.15) is 5.56 Å². The van der Waals surface area contributed by atoms with Crippen molar-refractivity contribution < 1.29 is 4.57 Å². The first-order valence-electron chi connectivity index (χ1n) is 6.87. The summed E-state index contributed by atoms with van der Waals surface area (Å²) in [6.45, 7) is 2.16. The van der Waals surface area contributed by atoms with E-state index in [0.717, 1.165) is 0 Å². The third kappa shape index (κ3) is 2.23. The van der Waals surface area contributed by atoms with Crippen LogP contribution in [0.5, 0.6) is 0 Å². The molecule has 3 rings (SSSR count). The number of pyridine rings is 1. The first kappa shape index (κ1) is 12.6. The lowest BCUT2D eigenvalue weighted by Gasteiger charge is -2.09. The van der Waals surface area contributed by atoms with Crippen molar-refractivity contribution in [1.82, 2.24) is 0 Å². The molecule has 98 valence electrons. The van der Waals surface area contributed by atoms with Gasteiger partial charge in [0, 0.05) is 11.6 Å². The molecule has 2 aromatic carbocycles. The molecule has 0 amide bonds. The predicted molar refractivity (Wildman–Crippen MR) is 83.2 cm³/mol. The Morgan fingerprint density at radius 1 is 0.700 bits per heavy atom. The van der Waals surface area contributed by atoms with Gasteiger partial charge in [-0.1, -0.05) is 48.5 Å². The summed E-state index contributed by atoms with van der Waals surface area (Å²) < 4.78 is 2.20. The summed E-state index contributed by atoms with van der Waals surface area (Å²) in [4.78, 5) is 0. The van der Waals surface area contributed by atoms with E-state index in [1.165, 1.54) is 27.9 Å². The van der Waals surface area contributed by atoms with Crippen LogP contribution in [0.2, 0.25) is 0 Å². The summed E-state index contributed by atoms with van der Waals surface area (Å²) in [5.41, 5.74) is 6.37. The SMILES string of the molecule is Cc1ccccc1-c1c(-c2ccccc2)ccc[n+]1C. The molecule has 1 heteroatoms. The van der Waals surface area contributed by atoms with Gasteiger partial charge in [0.05, 0.1) is 5.56 Å². The molecule has 1 aromatic heterocycles. The Bertz CT molecular complexity index is 730. The zero-order valence-electron chi connectivity index (χ0n) is 11.9. The average molecular weight is 260 g/mol. The number of hydrogen-bond donors (Lipinski definition) is 0. The summed E-state index contributed by atoms with van der Waals surface area (Å²) in [6.07, 6.45) is 2.11. The number of aromatic nitrogens is 1. The van der Waals surface area contributed by atoms with Gasteiger partial charge in [0.15, 0.2) is 6.20 Å². The van der Waals surface area contributed by atoms with Crippen molar-refractivity contribution in [2.24, 2.45) is 7.05 Å². The summed E-state index contributed by atoms with van der Waals surface area (Å²) in [5, 5.41) is 0. The van der Waals surface area contributed by atoms with Gasteiger partial charge in [0.25, 0.3) is 0 Å². The van der Waals surface area contributed by atoms with Crippen molar-refractivity contribution in [2.45, 2.75) is 6.92 Å². The summed E-state index contributed by atoms with van der Waals surface area (Å²) in [5.74, 6) is 0. The highest BCUT2D eigenvalue weighted by Crippen LogP contribution is 2.30. The predicted octanol–water partition coefficient (Wildman–Crippen LogP) is 4.15. The van der Waals surface area contributed by atoms with Crippen LogP contribution in [0, 0.1) is 6.92 Å². The number of hydrogen-bond acceptors (Lipinski definition) is 0. The van der Waals surface area contributed by atoms with Crippen LogP contribution in [0.3, 0.4) is 0 Å². The zero-order valence-corrected chi connectivity index (χ0v) is 11.9. The second kappa shape index (κ2) is 5.30. The molecule has 1 heterocycles. The van der Waals surface area contributed by atoms with Gasteiger partial charge in [0.1, 0.15) is 7.05 Å². The monoisotopic (exact) mass is 260 g/mol. The maximum atomic E-state index is 2.20. The zero-order chi connectivity index (χ0) is 13.9. The molecule has 0 aliphatic heterocycles. The lowest BCUT2D eigenvalue weighted by molar-refractivity contribution is -0.660. The number of benzene rings is 2. The van der Waals surface area contributed by atoms with E-state index in [2.05, 4.69) is 91.5 Å². The Kier molecular flexibility index (Phi) is 3.34. The molecule has 0 bridgehead atoms. The molecular formula is C19H18N+. The Hall–Kier alpha value is -2.41. The van der Waals surface area contributed by atoms with Crippen molar-refractivity contribution in [2.75, 3.05) is 0 Å². The van der Waals surface area contributed by atoms with Crippen LogP contribution in [0.15, 0.2) is 72.9 Å². The average Bonchev–Trinajstić information content (AvgIpc) is 2.49. The fraction of sp³-hybridized carbons (Fsp3) is 0.105. The Labute approximate surface area is 120 Å².